The number of aromatic nitrogens is 1. The van der Waals surface area contributed by atoms with Crippen LogP contribution in [0.25, 0.3) is 11.1 Å². The first-order valence-corrected chi connectivity index (χ1v) is 5.20. The molecule has 0 amide bonds. The van der Waals surface area contributed by atoms with Gasteiger partial charge in [-0.3, -0.25) is 9.78 Å². The third-order valence-corrected chi connectivity index (χ3v) is 2.58. The van der Waals surface area contributed by atoms with E-state index in [9.17, 15) is 22.4 Å². The van der Waals surface area contributed by atoms with Crippen molar-refractivity contribution in [3.63, 3.8) is 0 Å². The van der Waals surface area contributed by atoms with Crippen molar-refractivity contribution in [3.05, 3.63) is 53.6 Å². The maximum Gasteiger partial charge on any atom is 0.417 e. The molecule has 0 fully saturated rings. The summed E-state index contributed by atoms with van der Waals surface area (Å²) in [6.07, 6.45) is -2.59. The summed E-state index contributed by atoms with van der Waals surface area (Å²) in [5.74, 6) is -0.954. The van der Waals surface area contributed by atoms with Crippen molar-refractivity contribution in [1.29, 1.82) is 0 Å². The summed E-state index contributed by atoms with van der Waals surface area (Å²) in [5, 5.41) is 0. The van der Waals surface area contributed by atoms with Gasteiger partial charge in [0.25, 0.3) is 0 Å². The molecule has 2 nitrogen and oxygen atoms in total. The van der Waals surface area contributed by atoms with Gasteiger partial charge in [-0.25, -0.2) is 4.39 Å². The Morgan fingerprint density at radius 2 is 1.74 bits per heavy atom. The fourth-order valence-corrected chi connectivity index (χ4v) is 1.74. The third kappa shape index (κ3) is 2.47. The molecule has 1 aromatic heterocycles. The first-order chi connectivity index (χ1) is 8.95. The minimum Gasteiger partial charge on any atom is -0.298 e. The van der Waals surface area contributed by atoms with Crippen molar-refractivity contribution in [2.24, 2.45) is 0 Å². The van der Waals surface area contributed by atoms with Gasteiger partial charge in [-0.15, -0.1) is 0 Å². The van der Waals surface area contributed by atoms with E-state index in [4.69, 9.17) is 0 Å². The molecule has 0 aliphatic heterocycles. The summed E-state index contributed by atoms with van der Waals surface area (Å²) in [6, 6.07) is 4.64. The number of rotatable bonds is 2. The molecular formula is C13H7F4NO. The molecule has 0 spiro atoms. The van der Waals surface area contributed by atoms with Crippen LogP contribution in [0.3, 0.4) is 0 Å². The van der Waals surface area contributed by atoms with Crippen LogP contribution >= 0.6 is 0 Å². The number of aldehydes is 1. The third-order valence-electron chi connectivity index (χ3n) is 2.58. The Morgan fingerprint density at radius 1 is 1.05 bits per heavy atom. The van der Waals surface area contributed by atoms with E-state index in [1.807, 2.05) is 0 Å². The van der Waals surface area contributed by atoms with Crippen LogP contribution in [0.4, 0.5) is 17.6 Å². The van der Waals surface area contributed by atoms with Crippen LogP contribution in [0.5, 0.6) is 0 Å². The van der Waals surface area contributed by atoms with Crippen LogP contribution in [-0.2, 0) is 6.18 Å². The molecule has 0 aliphatic carbocycles. The molecule has 19 heavy (non-hydrogen) atoms. The summed E-state index contributed by atoms with van der Waals surface area (Å²) in [7, 11) is 0. The second kappa shape index (κ2) is 4.79. The van der Waals surface area contributed by atoms with Gasteiger partial charge >= 0.3 is 6.18 Å². The maximum absolute atomic E-state index is 13.4. The van der Waals surface area contributed by atoms with E-state index in [0.717, 1.165) is 18.5 Å². The van der Waals surface area contributed by atoms with Crippen LogP contribution < -0.4 is 0 Å². The van der Waals surface area contributed by atoms with Gasteiger partial charge in [0.1, 0.15) is 0 Å². The highest BCUT2D eigenvalue weighted by molar-refractivity contribution is 5.88. The second-order valence-corrected chi connectivity index (χ2v) is 3.74. The molecule has 1 heterocycles. The predicted octanol–water partition coefficient (Wildman–Crippen LogP) is 3.72. The van der Waals surface area contributed by atoms with Crippen LogP contribution in [-0.4, -0.2) is 11.3 Å². The second-order valence-electron chi connectivity index (χ2n) is 3.74. The molecule has 0 atom stereocenters. The number of halogens is 4. The molecule has 0 unspecified atom stereocenters. The van der Waals surface area contributed by atoms with Crippen molar-refractivity contribution < 1.29 is 22.4 Å². The molecule has 6 heteroatoms. The number of carbonyl (C=O) groups excluding carboxylic acids is 1. The number of hydrogen-bond donors (Lipinski definition) is 0. The van der Waals surface area contributed by atoms with Crippen molar-refractivity contribution in [2.45, 2.75) is 6.18 Å². The summed E-state index contributed by atoms with van der Waals surface area (Å²) >= 11 is 0. The van der Waals surface area contributed by atoms with Gasteiger partial charge in [0.15, 0.2) is 12.1 Å². The standard InChI is InChI=1S/C13H7F4NO/c14-12-6-18-5-9(10(12)7-19)8-3-1-2-4-11(8)13(15,16)17/h1-7H. The summed E-state index contributed by atoms with van der Waals surface area (Å²) in [6.45, 7) is 0. The first kappa shape index (κ1) is 13.2. The minimum absolute atomic E-state index is 0.178. The molecular weight excluding hydrogens is 262 g/mol. The van der Waals surface area contributed by atoms with Gasteiger partial charge < -0.3 is 0 Å². The van der Waals surface area contributed by atoms with Gasteiger partial charge in [0.05, 0.1) is 17.3 Å². The normalized spacial score (nSPS) is 11.4. The highest BCUT2D eigenvalue weighted by Gasteiger charge is 2.34. The molecule has 0 saturated heterocycles. The van der Waals surface area contributed by atoms with Crippen LogP contribution in [0, 0.1) is 5.82 Å². The van der Waals surface area contributed by atoms with E-state index in [1.165, 1.54) is 18.2 Å². The fourth-order valence-electron chi connectivity index (χ4n) is 1.74. The molecule has 0 radical (unpaired) electrons. The zero-order valence-corrected chi connectivity index (χ0v) is 9.41. The zero-order chi connectivity index (χ0) is 14.0. The minimum atomic E-state index is -4.59. The molecule has 2 aromatic rings. The average molecular weight is 269 g/mol. The lowest BCUT2D eigenvalue weighted by Crippen LogP contribution is -2.08. The fraction of sp³-hybridized carbons (Fsp3) is 0.0769. The summed E-state index contributed by atoms with van der Waals surface area (Å²) < 4.78 is 52.0. The molecule has 0 aliphatic rings. The number of alkyl halides is 3. The summed E-state index contributed by atoms with van der Waals surface area (Å²) in [4.78, 5) is 14.3. The predicted molar refractivity (Wildman–Crippen MR) is 60.0 cm³/mol. The number of benzene rings is 1. The highest BCUT2D eigenvalue weighted by atomic mass is 19.4. The van der Waals surface area contributed by atoms with Crippen molar-refractivity contribution >= 4 is 6.29 Å². The quantitative estimate of drug-likeness (QED) is 0.614. The Bertz CT molecular complexity index is 622. The number of carbonyl (C=O) groups is 1. The number of hydrogen-bond acceptors (Lipinski definition) is 2. The van der Waals surface area contributed by atoms with Crippen LogP contribution in [0.2, 0.25) is 0 Å². The number of nitrogens with zero attached hydrogens (tertiary/aromatic N) is 1. The lowest BCUT2D eigenvalue weighted by molar-refractivity contribution is -0.137. The molecule has 2 rings (SSSR count). The van der Waals surface area contributed by atoms with E-state index in [0.29, 0.717) is 0 Å². The van der Waals surface area contributed by atoms with Crippen molar-refractivity contribution in [1.82, 2.24) is 4.98 Å². The zero-order valence-electron chi connectivity index (χ0n) is 9.41. The van der Waals surface area contributed by atoms with Crippen molar-refractivity contribution in [3.8, 4) is 11.1 Å². The van der Waals surface area contributed by atoms with Gasteiger partial charge in [-0.05, 0) is 11.6 Å². The highest BCUT2D eigenvalue weighted by Crippen LogP contribution is 2.37. The maximum atomic E-state index is 13.4. The van der Waals surface area contributed by atoms with E-state index in [-0.39, 0.29) is 17.4 Å². The van der Waals surface area contributed by atoms with Gasteiger partial charge in [-0.2, -0.15) is 13.2 Å². The van der Waals surface area contributed by atoms with E-state index >= 15 is 0 Å². The van der Waals surface area contributed by atoms with E-state index in [1.54, 1.807) is 0 Å². The Kier molecular flexibility index (Phi) is 3.33. The summed E-state index contributed by atoms with van der Waals surface area (Å²) in [5.41, 5.74) is -1.83. The molecule has 98 valence electrons. The molecule has 0 bridgehead atoms. The van der Waals surface area contributed by atoms with Gasteiger partial charge in [0, 0.05) is 11.8 Å². The Morgan fingerprint density at radius 3 is 2.37 bits per heavy atom. The van der Waals surface area contributed by atoms with Crippen LogP contribution in [0.15, 0.2) is 36.7 Å². The molecule has 0 saturated carbocycles. The molecule has 1 aromatic carbocycles. The van der Waals surface area contributed by atoms with E-state index in [2.05, 4.69) is 4.98 Å². The Hall–Kier alpha value is -2.24. The monoisotopic (exact) mass is 269 g/mol. The largest absolute Gasteiger partial charge is 0.417 e. The topological polar surface area (TPSA) is 30.0 Å². The van der Waals surface area contributed by atoms with Crippen molar-refractivity contribution in [2.75, 3.05) is 0 Å². The number of pyridine rings is 1. The molecule has 0 N–H and O–H groups in total. The average Bonchev–Trinajstić information content (AvgIpc) is 2.37. The lowest BCUT2D eigenvalue weighted by Gasteiger charge is -2.13. The van der Waals surface area contributed by atoms with Crippen LogP contribution in [0.1, 0.15) is 15.9 Å². The SMILES string of the molecule is O=Cc1c(F)cncc1-c1ccccc1C(F)(F)F. The first-order valence-electron chi connectivity index (χ1n) is 5.20. The van der Waals surface area contributed by atoms with Gasteiger partial charge in [-0.1, -0.05) is 18.2 Å². The Balaban J connectivity index is 2.73. The smallest absolute Gasteiger partial charge is 0.298 e. The lowest BCUT2D eigenvalue weighted by atomic mass is 9.97. The Labute approximate surface area is 105 Å². The van der Waals surface area contributed by atoms with E-state index < -0.39 is 23.1 Å². The van der Waals surface area contributed by atoms with Gasteiger partial charge in [0.2, 0.25) is 0 Å².